The summed E-state index contributed by atoms with van der Waals surface area (Å²) in [6.07, 6.45) is -0.760. The van der Waals surface area contributed by atoms with Gasteiger partial charge in [-0.05, 0) is 24.6 Å². The zero-order chi connectivity index (χ0) is 9.84. The van der Waals surface area contributed by atoms with Crippen molar-refractivity contribution < 1.29 is 14.6 Å². The lowest BCUT2D eigenvalue weighted by Gasteiger charge is -2.08. The zero-order valence-corrected chi connectivity index (χ0v) is 8.03. The van der Waals surface area contributed by atoms with E-state index in [1.807, 2.05) is 0 Å². The fourth-order valence-electron chi connectivity index (χ4n) is 1.06. The second-order valence-corrected chi connectivity index (χ2v) is 2.79. The fraction of sp³-hybridized carbons (Fsp3) is 0.400. The summed E-state index contributed by atoms with van der Waals surface area (Å²) in [4.78, 5) is 0. The molecule has 1 rings (SSSR count). The molecule has 0 amide bonds. The minimum atomic E-state index is -0.760. The summed E-state index contributed by atoms with van der Waals surface area (Å²) < 4.78 is 10.1. The molecule has 1 radical (unpaired) electrons. The Morgan fingerprint density at radius 3 is 1.85 bits per heavy atom. The van der Waals surface area contributed by atoms with Crippen LogP contribution in [0.1, 0.15) is 18.6 Å². The molecule has 1 atom stereocenters. The van der Waals surface area contributed by atoms with Crippen LogP contribution in [0, 0.1) is 0 Å². The third-order valence-corrected chi connectivity index (χ3v) is 1.84. The molecule has 0 aliphatic rings. The molecule has 1 unspecified atom stereocenters. The Morgan fingerprint density at radius 1 is 1.08 bits per heavy atom. The lowest BCUT2D eigenvalue weighted by molar-refractivity contribution is 0.106. The van der Waals surface area contributed by atoms with Crippen molar-refractivity contribution in [2.75, 3.05) is 14.2 Å². The maximum atomic E-state index is 11.2. The van der Waals surface area contributed by atoms with Gasteiger partial charge in [0.15, 0.2) is 0 Å². The van der Waals surface area contributed by atoms with Crippen molar-refractivity contribution in [2.45, 2.75) is 13.0 Å². The van der Waals surface area contributed by atoms with Crippen LogP contribution in [0.2, 0.25) is 0 Å². The first-order valence-corrected chi connectivity index (χ1v) is 4.06. The van der Waals surface area contributed by atoms with Crippen molar-refractivity contribution in [1.82, 2.24) is 0 Å². The quantitative estimate of drug-likeness (QED) is 0.716. The summed E-state index contributed by atoms with van der Waals surface area (Å²) >= 11 is 0. The topological polar surface area (TPSA) is 38.4 Å². The van der Waals surface area contributed by atoms with Crippen molar-refractivity contribution in [3.05, 3.63) is 23.8 Å². The molecule has 0 aliphatic carbocycles. The normalized spacial score (nSPS) is 12.3. The summed E-state index contributed by atoms with van der Waals surface area (Å²) in [7, 11) is 3.13. The van der Waals surface area contributed by atoms with E-state index in [0.717, 1.165) is 0 Å². The molecule has 0 N–H and O–H groups in total. The van der Waals surface area contributed by atoms with Crippen LogP contribution in [0.4, 0.5) is 0 Å². The predicted molar refractivity (Wildman–Crippen MR) is 48.6 cm³/mol. The number of methoxy groups -OCH3 is 2. The second kappa shape index (κ2) is 4.14. The molecule has 0 heterocycles. The number of ether oxygens (including phenoxy) is 2. The van der Waals surface area contributed by atoms with E-state index in [4.69, 9.17) is 9.47 Å². The van der Waals surface area contributed by atoms with Crippen molar-refractivity contribution in [1.29, 1.82) is 0 Å². The van der Waals surface area contributed by atoms with Gasteiger partial charge in [0.2, 0.25) is 0 Å². The van der Waals surface area contributed by atoms with E-state index in [1.54, 1.807) is 39.3 Å². The van der Waals surface area contributed by atoms with Crippen LogP contribution in [-0.2, 0) is 5.11 Å². The van der Waals surface area contributed by atoms with Crippen molar-refractivity contribution in [2.24, 2.45) is 0 Å². The highest BCUT2D eigenvalue weighted by Crippen LogP contribution is 2.26. The van der Waals surface area contributed by atoms with Gasteiger partial charge < -0.3 is 9.47 Å². The molecule has 0 aliphatic heterocycles. The Labute approximate surface area is 77.9 Å². The highest BCUT2D eigenvalue weighted by Gasteiger charge is 2.06. The van der Waals surface area contributed by atoms with Crippen LogP contribution in [0.3, 0.4) is 0 Å². The van der Waals surface area contributed by atoms with Crippen molar-refractivity contribution in [3.63, 3.8) is 0 Å². The van der Waals surface area contributed by atoms with E-state index in [1.165, 1.54) is 0 Å². The van der Waals surface area contributed by atoms with E-state index in [2.05, 4.69) is 0 Å². The third-order valence-electron chi connectivity index (χ3n) is 1.84. The van der Waals surface area contributed by atoms with Crippen molar-refractivity contribution in [3.8, 4) is 11.5 Å². The average Bonchev–Trinajstić information content (AvgIpc) is 2.16. The number of benzene rings is 1. The Hall–Kier alpha value is -1.22. The average molecular weight is 181 g/mol. The van der Waals surface area contributed by atoms with Gasteiger partial charge in [0.1, 0.15) is 17.6 Å². The molecule has 3 nitrogen and oxygen atoms in total. The molecule has 0 spiro atoms. The van der Waals surface area contributed by atoms with Gasteiger partial charge in [0.25, 0.3) is 0 Å². The first kappa shape index (κ1) is 9.86. The summed E-state index contributed by atoms with van der Waals surface area (Å²) in [6, 6.07) is 5.19. The minimum Gasteiger partial charge on any atom is -0.497 e. The molecule has 71 valence electrons. The summed E-state index contributed by atoms with van der Waals surface area (Å²) in [5, 5.41) is 11.2. The molecule has 0 saturated heterocycles. The molecule has 13 heavy (non-hydrogen) atoms. The molecular formula is C10H13O3. The predicted octanol–water partition coefficient (Wildman–Crippen LogP) is 2.20. The maximum absolute atomic E-state index is 11.2. The molecular weight excluding hydrogens is 168 g/mol. The number of hydrogen-bond donors (Lipinski definition) is 0. The lowest BCUT2D eigenvalue weighted by Crippen LogP contribution is -1.93. The Kier molecular flexibility index (Phi) is 3.14. The summed E-state index contributed by atoms with van der Waals surface area (Å²) in [5.74, 6) is 1.30. The molecule has 0 fully saturated rings. The van der Waals surface area contributed by atoms with E-state index in [9.17, 15) is 5.11 Å². The number of hydrogen-bond acceptors (Lipinski definition) is 2. The maximum Gasteiger partial charge on any atom is 0.122 e. The highest BCUT2D eigenvalue weighted by molar-refractivity contribution is 5.39. The smallest absolute Gasteiger partial charge is 0.122 e. The van der Waals surface area contributed by atoms with Crippen LogP contribution in [0.15, 0.2) is 18.2 Å². The van der Waals surface area contributed by atoms with Gasteiger partial charge in [0, 0.05) is 6.07 Å². The van der Waals surface area contributed by atoms with Gasteiger partial charge in [-0.25, -0.2) is 5.11 Å². The van der Waals surface area contributed by atoms with Crippen LogP contribution in [-0.4, -0.2) is 14.2 Å². The van der Waals surface area contributed by atoms with Crippen LogP contribution in [0.5, 0.6) is 11.5 Å². The van der Waals surface area contributed by atoms with E-state index < -0.39 is 6.10 Å². The van der Waals surface area contributed by atoms with E-state index in [-0.39, 0.29) is 0 Å². The first-order valence-electron chi connectivity index (χ1n) is 4.06. The molecule has 0 saturated carbocycles. The molecule has 0 aromatic heterocycles. The van der Waals surface area contributed by atoms with Gasteiger partial charge in [0.05, 0.1) is 14.2 Å². The fourth-order valence-corrected chi connectivity index (χ4v) is 1.06. The Bertz CT molecular complexity index is 259. The molecule has 0 bridgehead atoms. The summed E-state index contributed by atoms with van der Waals surface area (Å²) in [6.45, 7) is 1.59. The van der Waals surface area contributed by atoms with Crippen LogP contribution >= 0.6 is 0 Å². The Morgan fingerprint density at radius 2 is 1.54 bits per heavy atom. The van der Waals surface area contributed by atoms with E-state index >= 15 is 0 Å². The van der Waals surface area contributed by atoms with Gasteiger partial charge in [-0.1, -0.05) is 0 Å². The summed E-state index contributed by atoms with van der Waals surface area (Å²) in [5.41, 5.74) is 0.677. The zero-order valence-electron chi connectivity index (χ0n) is 8.03. The van der Waals surface area contributed by atoms with Crippen molar-refractivity contribution >= 4 is 0 Å². The lowest BCUT2D eigenvalue weighted by atomic mass is 10.1. The van der Waals surface area contributed by atoms with Gasteiger partial charge in [-0.15, -0.1) is 0 Å². The SMILES string of the molecule is COc1cc(OC)cc(C(C)[O])c1. The third kappa shape index (κ3) is 2.36. The highest BCUT2D eigenvalue weighted by atomic mass is 16.5. The number of rotatable bonds is 3. The molecule has 3 heteroatoms. The van der Waals surface area contributed by atoms with Crippen LogP contribution in [0.25, 0.3) is 0 Å². The standard InChI is InChI=1S/C10H13O3/c1-7(11)8-4-9(12-2)6-10(5-8)13-3/h4-7H,1-3H3. The largest absolute Gasteiger partial charge is 0.497 e. The van der Waals surface area contributed by atoms with Crippen LogP contribution < -0.4 is 9.47 Å². The molecule has 1 aromatic carbocycles. The van der Waals surface area contributed by atoms with Gasteiger partial charge >= 0.3 is 0 Å². The monoisotopic (exact) mass is 181 g/mol. The van der Waals surface area contributed by atoms with Gasteiger partial charge in [-0.3, -0.25) is 0 Å². The molecule has 1 aromatic rings. The Balaban J connectivity index is 3.07. The first-order chi connectivity index (χ1) is 6.17. The van der Waals surface area contributed by atoms with Gasteiger partial charge in [-0.2, -0.15) is 0 Å². The van der Waals surface area contributed by atoms with E-state index in [0.29, 0.717) is 17.1 Å². The second-order valence-electron chi connectivity index (χ2n) is 2.79. The minimum absolute atomic E-state index is 0.650.